The number of Topliss-reactive ketones (excluding diaryl/α,β-unsaturated/α-hetero) is 1. The lowest BCUT2D eigenvalue weighted by atomic mass is 10.1. The van der Waals surface area contributed by atoms with Crippen molar-refractivity contribution >= 4 is 16.6 Å². The summed E-state index contributed by atoms with van der Waals surface area (Å²) in [4.78, 5) is 12.5. The predicted molar refractivity (Wildman–Crippen MR) is 77.6 cm³/mol. The van der Waals surface area contributed by atoms with E-state index >= 15 is 0 Å². The zero-order valence-corrected chi connectivity index (χ0v) is 12.0. The molecule has 1 unspecified atom stereocenters. The third-order valence-corrected chi connectivity index (χ3v) is 4.30. The van der Waals surface area contributed by atoms with E-state index in [0.717, 1.165) is 5.56 Å². The monoisotopic (exact) mass is 290 g/mol. The molecule has 1 atom stereocenters. The number of hydrogen-bond acceptors (Lipinski definition) is 2. The van der Waals surface area contributed by atoms with Gasteiger partial charge in [-0.2, -0.15) is 0 Å². The van der Waals surface area contributed by atoms with Gasteiger partial charge >= 0.3 is 0 Å². The van der Waals surface area contributed by atoms with Crippen LogP contribution in [-0.4, -0.2) is 15.7 Å². The van der Waals surface area contributed by atoms with Crippen LogP contribution in [0.2, 0.25) is 0 Å². The maximum Gasteiger partial charge on any atom is 0.150 e. The number of halogens is 1. The van der Waals surface area contributed by atoms with Gasteiger partial charge in [-0.15, -0.1) is 0 Å². The number of rotatable bonds is 5. The summed E-state index contributed by atoms with van der Waals surface area (Å²) >= 11 is 0. The molecule has 2 rings (SSSR count). The molecule has 104 valence electrons. The lowest BCUT2D eigenvalue weighted by molar-refractivity contribution is -0.116. The van der Waals surface area contributed by atoms with E-state index in [1.807, 2.05) is 19.1 Å². The zero-order chi connectivity index (χ0) is 14.5. The van der Waals surface area contributed by atoms with Gasteiger partial charge in [-0.3, -0.25) is 9.00 Å². The Balaban J connectivity index is 2.00. The van der Waals surface area contributed by atoms with Crippen molar-refractivity contribution in [3.8, 4) is 0 Å². The first kappa shape index (κ1) is 14.6. The van der Waals surface area contributed by atoms with Crippen LogP contribution in [-0.2, 0) is 22.0 Å². The molecule has 0 saturated heterocycles. The molecule has 20 heavy (non-hydrogen) atoms. The number of aryl methyl sites for hydroxylation is 1. The van der Waals surface area contributed by atoms with Crippen LogP contribution in [0.1, 0.15) is 11.1 Å². The standard InChI is InChI=1S/C16H15FO2S/c1-12-6-8-15(9-7-12)20(19)11-14(18)10-13-4-2-3-5-16(13)17/h2-9H,10-11H2,1H3. The van der Waals surface area contributed by atoms with Gasteiger partial charge in [0.25, 0.3) is 0 Å². The Morgan fingerprint density at radius 2 is 1.75 bits per heavy atom. The maximum atomic E-state index is 13.4. The molecule has 2 nitrogen and oxygen atoms in total. The van der Waals surface area contributed by atoms with Crippen LogP contribution in [0.15, 0.2) is 53.4 Å². The fourth-order valence-corrected chi connectivity index (χ4v) is 2.83. The first-order valence-electron chi connectivity index (χ1n) is 6.26. The minimum Gasteiger partial charge on any atom is -0.298 e. The molecular formula is C16H15FO2S. The predicted octanol–water partition coefficient (Wildman–Crippen LogP) is 3.05. The molecule has 2 aromatic carbocycles. The lowest BCUT2D eigenvalue weighted by Gasteiger charge is -2.04. The van der Waals surface area contributed by atoms with Crippen molar-refractivity contribution in [1.29, 1.82) is 0 Å². The minimum absolute atomic E-state index is 0.0235. The van der Waals surface area contributed by atoms with Crippen LogP contribution in [0.25, 0.3) is 0 Å². The Morgan fingerprint density at radius 1 is 1.10 bits per heavy atom. The average molecular weight is 290 g/mol. The Morgan fingerprint density at radius 3 is 2.40 bits per heavy atom. The summed E-state index contributed by atoms with van der Waals surface area (Å²) < 4.78 is 25.5. The number of carbonyl (C=O) groups is 1. The van der Waals surface area contributed by atoms with Crippen LogP contribution in [0, 0.1) is 12.7 Å². The molecule has 0 amide bonds. The molecule has 0 saturated carbocycles. The van der Waals surface area contributed by atoms with E-state index in [9.17, 15) is 13.4 Å². The zero-order valence-electron chi connectivity index (χ0n) is 11.1. The van der Waals surface area contributed by atoms with E-state index in [-0.39, 0.29) is 18.0 Å². The van der Waals surface area contributed by atoms with Gasteiger partial charge in [0.1, 0.15) is 11.6 Å². The fourth-order valence-electron chi connectivity index (χ4n) is 1.82. The molecule has 4 heteroatoms. The number of hydrogen-bond donors (Lipinski definition) is 0. The van der Waals surface area contributed by atoms with Crippen LogP contribution < -0.4 is 0 Å². The molecule has 0 aliphatic rings. The van der Waals surface area contributed by atoms with E-state index in [1.54, 1.807) is 30.3 Å². The first-order valence-corrected chi connectivity index (χ1v) is 7.58. The van der Waals surface area contributed by atoms with Gasteiger partial charge in [-0.1, -0.05) is 35.9 Å². The van der Waals surface area contributed by atoms with E-state index in [4.69, 9.17) is 0 Å². The van der Waals surface area contributed by atoms with E-state index in [2.05, 4.69) is 0 Å². The SMILES string of the molecule is Cc1ccc(S(=O)CC(=O)Cc2ccccc2F)cc1. The topological polar surface area (TPSA) is 34.1 Å². The Labute approximate surface area is 120 Å². The molecule has 0 aromatic heterocycles. The smallest absolute Gasteiger partial charge is 0.150 e. The second-order valence-corrected chi connectivity index (χ2v) is 6.06. The molecule has 0 N–H and O–H groups in total. The van der Waals surface area contributed by atoms with Crippen molar-refractivity contribution in [3.05, 3.63) is 65.5 Å². The van der Waals surface area contributed by atoms with E-state index in [0.29, 0.717) is 10.5 Å². The lowest BCUT2D eigenvalue weighted by Crippen LogP contribution is -2.14. The van der Waals surface area contributed by atoms with Crippen molar-refractivity contribution in [2.75, 3.05) is 5.75 Å². The van der Waals surface area contributed by atoms with Gasteiger partial charge in [0.15, 0.2) is 0 Å². The number of benzene rings is 2. The normalized spacial score (nSPS) is 12.1. The van der Waals surface area contributed by atoms with Crippen molar-refractivity contribution < 1.29 is 13.4 Å². The number of ketones is 1. The largest absolute Gasteiger partial charge is 0.298 e. The fraction of sp³-hybridized carbons (Fsp3) is 0.188. The highest BCUT2D eigenvalue weighted by Gasteiger charge is 2.12. The average Bonchev–Trinajstić information content (AvgIpc) is 2.42. The maximum absolute atomic E-state index is 13.4. The molecular weight excluding hydrogens is 275 g/mol. The molecule has 0 spiro atoms. The molecule has 0 radical (unpaired) electrons. The van der Waals surface area contributed by atoms with Gasteiger partial charge in [0.2, 0.25) is 0 Å². The molecule has 0 fully saturated rings. The van der Waals surface area contributed by atoms with Crippen LogP contribution in [0.3, 0.4) is 0 Å². The van der Waals surface area contributed by atoms with Crippen LogP contribution in [0.5, 0.6) is 0 Å². The Kier molecular flexibility index (Phi) is 4.79. The summed E-state index contributed by atoms with van der Waals surface area (Å²) in [5.41, 5.74) is 1.42. The summed E-state index contributed by atoms with van der Waals surface area (Å²) in [6.07, 6.45) is -0.0235. The third kappa shape index (κ3) is 3.84. The minimum atomic E-state index is -1.37. The van der Waals surface area contributed by atoms with Gasteiger partial charge in [-0.05, 0) is 30.7 Å². The quantitative estimate of drug-likeness (QED) is 0.848. The highest BCUT2D eigenvalue weighted by atomic mass is 32.2. The second-order valence-electron chi connectivity index (χ2n) is 4.61. The Bertz CT molecular complexity index is 635. The second kappa shape index (κ2) is 6.57. The summed E-state index contributed by atoms with van der Waals surface area (Å²) in [5, 5.41) is 0. The first-order chi connectivity index (χ1) is 9.56. The summed E-state index contributed by atoms with van der Waals surface area (Å²) in [7, 11) is -1.37. The van der Waals surface area contributed by atoms with Crippen LogP contribution >= 0.6 is 0 Å². The van der Waals surface area contributed by atoms with Crippen molar-refractivity contribution in [2.24, 2.45) is 0 Å². The molecule has 0 heterocycles. The highest BCUT2D eigenvalue weighted by molar-refractivity contribution is 7.85. The number of carbonyl (C=O) groups excluding carboxylic acids is 1. The summed E-state index contributed by atoms with van der Waals surface area (Å²) in [6.45, 7) is 1.94. The summed E-state index contributed by atoms with van der Waals surface area (Å²) in [6, 6.07) is 13.4. The van der Waals surface area contributed by atoms with E-state index < -0.39 is 16.6 Å². The van der Waals surface area contributed by atoms with Crippen molar-refractivity contribution in [3.63, 3.8) is 0 Å². The highest BCUT2D eigenvalue weighted by Crippen LogP contribution is 2.11. The molecule has 0 aliphatic heterocycles. The van der Waals surface area contributed by atoms with Gasteiger partial charge in [-0.25, -0.2) is 4.39 Å². The van der Waals surface area contributed by atoms with Crippen molar-refractivity contribution in [2.45, 2.75) is 18.2 Å². The van der Waals surface area contributed by atoms with Gasteiger partial charge in [0, 0.05) is 11.3 Å². The van der Waals surface area contributed by atoms with E-state index in [1.165, 1.54) is 6.07 Å². The van der Waals surface area contributed by atoms with Crippen molar-refractivity contribution in [1.82, 2.24) is 0 Å². The van der Waals surface area contributed by atoms with Crippen LogP contribution in [0.4, 0.5) is 4.39 Å². The van der Waals surface area contributed by atoms with Gasteiger partial charge < -0.3 is 0 Å². The van der Waals surface area contributed by atoms with Gasteiger partial charge in [0.05, 0.1) is 16.6 Å². The molecule has 2 aromatic rings. The summed E-state index contributed by atoms with van der Waals surface area (Å²) in [5.74, 6) is -0.715. The molecule has 0 bridgehead atoms. The molecule has 0 aliphatic carbocycles. The third-order valence-electron chi connectivity index (χ3n) is 2.92. The Hall–Kier alpha value is -1.81.